The van der Waals surface area contributed by atoms with Crippen LogP contribution in [-0.4, -0.2) is 36.4 Å². The van der Waals surface area contributed by atoms with Crippen molar-refractivity contribution >= 4 is 27.7 Å². The predicted molar refractivity (Wildman–Crippen MR) is 105 cm³/mol. The summed E-state index contributed by atoms with van der Waals surface area (Å²) in [5.74, 6) is 0.199. The van der Waals surface area contributed by atoms with E-state index in [1.165, 1.54) is 4.90 Å². The summed E-state index contributed by atoms with van der Waals surface area (Å²) in [7, 11) is 1.56. The molecular weight excluding hydrogens is 396 g/mol. The van der Waals surface area contributed by atoms with E-state index in [4.69, 9.17) is 4.74 Å². The number of nitrogens with zero attached hydrogens (tertiary/aromatic N) is 1. The summed E-state index contributed by atoms with van der Waals surface area (Å²) in [6.45, 7) is 3.83. The number of hydrogen-bond donors (Lipinski definition) is 1. The highest BCUT2D eigenvalue weighted by atomic mass is 79.9. The fourth-order valence-corrected chi connectivity index (χ4v) is 3.01. The number of benzene rings is 2. The second-order valence-corrected chi connectivity index (χ2v) is 6.91. The molecule has 0 bridgehead atoms. The summed E-state index contributed by atoms with van der Waals surface area (Å²) >= 11 is 3.43. The second-order valence-electron chi connectivity index (χ2n) is 6.00. The van der Waals surface area contributed by atoms with Gasteiger partial charge in [0.15, 0.2) is 6.61 Å². The van der Waals surface area contributed by atoms with E-state index in [9.17, 15) is 9.59 Å². The minimum absolute atomic E-state index is 0.125. The van der Waals surface area contributed by atoms with Crippen LogP contribution in [0.15, 0.2) is 53.0 Å². The molecule has 0 fully saturated rings. The van der Waals surface area contributed by atoms with E-state index in [2.05, 4.69) is 21.2 Å². The number of ether oxygens (including phenoxy) is 1. The summed E-state index contributed by atoms with van der Waals surface area (Å²) in [5, 5.41) is 2.60. The van der Waals surface area contributed by atoms with Crippen LogP contribution in [0.3, 0.4) is 0 Å². The standard InChI is InChI=1S/C20H23BrN2O3/c1-14-7-4-5-10-18(14)26-13-19(24)23(15(2)20(25)22-3)12-16-8-6-9-17(21)11-16/h4-11,15H,12-13H2,1-3H3,(H,22,25)/t15-/m0/s1. The van der Waals surface area contributed by atoms with Gasteiger partial charge in [-0.1, -0.05) is 46.3 Å². The Kier molecular flexibility index (Phi) is 7.21. The predicted octanol–water partition coefficient (Wildman–Crippen LogP) is 3.30. The monoisotopic (exact) mass is 418 g/mol. The largest absolute Gasteiger partial charge is 0.484 e. The molecule has 2 amide bonds. The van der Waals surface area contributed by atoms with E-state index in [0.717, 1.165) is 15.6 Å². The molecule has 2 aromatic carbocycles. The molecule has 6 heteroatoms. The third-order valence-corrected chi connectivity index (χ3v) is 4.59. The molecule has 1 N–H and O–H groups in total. The summed E-state index contributed by atoms with van der Waals surface area (Å²) in [4.78, 5) is 26.4. The van der Waals surface area contributed by atoms with Crippen LogP contribution in [0.5, 0.6) is 5.75 Å². The summed E-state index contributed by atoms with van der Waals surface area (Å²) in [5.41, 5.74) is 1.89. The van der Waals surface area contributed by atoms with Crippen molar-refractivity contribution in [2.24, 2.45) is 0 Å². The van der Waals surface area contributed by atoms with Crippen LogP contribution >= 0.6 is 15.9 Å². The molecule has 26 heavy (non-hydrogen) atoms. The average molecular weight is 419 g/mol. The highest BCUT2D eigenvalue weighted by molar-refractivity contribution is 9.10. The van der Waals surface area contributed by atoms with Gasteiger partial charge in [0.1, 0.15) is 11.8 Å². The first kappa shape index (κ1) is 20.0. The Bertz CT molecular complexity index is 779. The number of likely N-dealkylation sites (N-methyl/N-ethyl adjacent to an activating group) is 1. The molecule has 0 saturated heterocycles. The number of para-hydroxylation sites is 1. The summed E-state index contributed by atoms with van der Waals surface area (Å²) in [6.07, 6.45) is 0. The quantitative estimate of drug-likeness (QED) is 0.750. The Morgan fingerprint density at radius 3 is 2.58 bits per heavy atom. The SMILES string of the molecule is CNC(=O)[C@H](C)N(Cc1cccc(Br)c1)C(=O)COc1ccccc1C. The van der Waals surface area contributed by atoms with Gasteiger partial charge in [0.2, 0.25) is 5.91 Å². The minimum atomic E-state index is -0.605. The Hall–Kier alpha value is -2.34. The molecule has 0 aliphatic carbocycles. The highest BCUT2D eigenvalue weighted by Gasteiger charge is 2.26. The average Bonchev–Trinajstić information content (AvgIpc) is 2.64. The molecule has 5 nitrogen and oxygen atoms in total. The fourth-order valence-electron chi connectivity index (χ4n) is 2.56. The molecule has 2 rings (SSSR count). The highest BCUT2D eigenvalue weighted by Crippen LogP contribution is 2.18. The maximum Gasteiger partial charge on any atom is 0.261 e. The number of rotatable bonds is 7. The van der Waals surface area contributed by atoms with Gasteiger partial charge in [-0.3, -0.25) is 9.59 Å². The van der Waals surface area contributed by atoms with Crippen molar-refractivity contribution in [2.45, 2.75) is 26.4 Å². The molecule has 0 aliphatic rings. The number of nitrogens with one attached hydrogen (secondary N) is 1. The molecule has 0 heterocycles. The van der Waals surface area contributed by atoms with Gasteiger partial charge in [-0.15, -0.1) is 0 Å². The lowest BCUT2D eigenvalue weighted by Crippen LogP contribution is -2.48. The Balaban J connectivity index is 2.15. The molecule has 0 aromatic heterocycles. The first-order valence-corrected chi connectivity index (χ1v) is 9.15. The Morgan fingerprint density at radius 1 is 1.19 bits per heavy atom. The van der Waals surface area contributed by atoms with E-state index in [0.29, 0.717) is 12.3 Å². The molecule has 138 valence electrons. The van der Waals surface area contributed by atoms with Crippen molar-refractivity contribution in [2.75, 3.05) is 13.7 Å². The van der Waals surface area contributed by atoms with Crippen molar-refractivity contribution in [1.82, 2.24) is 10.2 Å². The van der Waals surface area contributed by atoms with Crippen molar-refractivity contribution in [3.63, 3.8) is 0 Å². The maximum absolute atomic E-state index is 12.8. The number of amides is 2. The molecular formula is C20H23BrN2O3. The van der Waals surface area contributed by atoms with Gasteiger partial charge in [0.25, 0.3) is 5.91 Å². The lowest BCUT2D eigenvalue weighted by atomic mass is 10.1. The number of aryl methyl sites for hydroxylation is 1. The molecule has 2 aromatic rings. The topological polar surface area (TPSA) is 58.6 Å². The zero-order chi connectivity index (χ0) is 19.1. The van der Waals surface area contributed by atoms with Gasteiger partial charge >= 0.3 is 0 Å². The van der Waals surface area contributed by atoms with Crippen molar-refractivity contribution in [1.29, 1.82) is 0 Å². The smallest absolute Gasteiger partial charge is 0.261 e. The molecule has 0 unspecified atom stereocenters. The normalized spacial score (nSPS) is 11.5. The third-order valence-electron chi connectivity index (χ3n) is 4.10. The van der Waals surface area contributed by atoms with Crippen molar-refractivity contribution < 1.29 is 14.3 Å². The Labute approximate surface area is 162 Å². The lowest BCUT2D eigenvalue weighted by Gasteiger charge is -2.28. The summed E-state index contributed by atoms with van der Waals surface area (Å²) in [6, 6.07) is 14.6. The van der Waals surface area contributed by atoms with Gasteiger partial charge in [0.05, 0.1) is 0 Å². The molecule has 0 aliphatic heterocycles. The van der Waals surface area contributed by atoms with E-state index in [1.54, 1.807) is 14.0 Å². The van der Waals surface area contributed by atoms with Crippen molar-refractivity contribution in [3.8, 4) is 5.75 Å². The van der Waals surface area contributed by atoms with Gasteiger partial charge in [-0.2, -0.15) is 0 Å². The number of carbonyl (C=O) groups excluding carboxylic acids is 2. The van der Waals surface area contributed by atoms with Crippen LogP contribution in [0.2, 0.25) is 0 Å². The third kappa shape index (κ3) is 5.33. The fraction of sp³-hybridized carbons (Fsp3) is 0.300. The number of hydrogen-bond acceptors (Lipinski definition) is 3. The number of carbonyl (C=O) groups is 2. The van der Waals surface area contributed by atoms with E-state index >= 15 is 0 Å². The van der Waals surface area contributed by atoms with Crippen molar-refractivity contribution in [3.05, 3.63) is 64.1 Å². The van der Waals surface area contributed by atoms with Gasteiger partial charge in [0, 0.05) is 18.1 Å². The van der Waals surface area contributed by atoms with E-state index in [1.807, 2.05) is 55.5 Å². The van der Waals surface area contributed by atoms with E-state index < -0.39 is 6.04 Å². The van der Waals surface area contributed by atoms with E-state index in [-0.39, 0.29) is 18.4 Å². The summed E-state index contributed by atoms with van der Waals surface area (Å²) < 4.78 is 6.59. The van der Waals surface area contributed by atoms with Gasteiger partial charge in [-0.05, 0) is 43.2 Å². The van der Waals surface area contributed by atoms with Crippen LogP contribution in [0.4, 0.5) is 0 Å². The second kappa shape index (κ2) is 9.38. The molecule has 0 spiro atoms. The Morgan fingerprint density at radius 2 is 1.92 bits per heavy atom. The lowest BCUT2D eigenvalue weighted by molar-refractivity contribution is -0.142. The van der Waals surface area contributed by atoms with Crippen LogP contribution in [-0.2, 0) is 16.1 Å². The molecule has 0 radical (unpaired) electrons. The van der Waals surface area contributed by atoms with Crippen LogP contribution in [0.1, 0.15) is 18.1 Å². The maximum atomic E-state index is 12.8. The van der Waals surface area contributed by atoms with Gasteiger partial charge in [-0.25, -0.2) is 0 Å². The van der Waals surface area contributed by atoms with Crippen LogP contribution in [0.25, 0.3) is 0 Å². The van der Waals surface area contributed by atoms with Gasteiger partial charge < -0.3 is 15.0 Å². The molecule has 0 saturated carbocycles. The minimum Gasteiger partial charge on any atom is -0.484 e. The zero-order valence-corrected chi connectivity index (χ0v) is 16.7. The first-order chi connectivity index (χ1) is 12.4. The zero-order valence-electron chi connectivity index (χ0n) is 15.2. The molecule has 1 atom stereocenters. The first-order valence-electron chi connectivity index (χ1n) is 8.36. The van der Waals surface area contributed by atoms with Crippen LogP contribution < -0.4 is 10.1 Å². The number of halogens is 1. The van der Waals surface area contributed by atoms with Crippen LogP contribution in [0, 0.1) is 6.92 Å².